The minimum atomic E-state index is -1.00. The summed E-state index contributed by atoms with van der Waals surface area (Å²) in [6.07, 6.45) is 1.73. The van der Waals surface area contributed by atoms with Crippen molar-refractivity contribution in [3.8, 4) is 0 Å². The molecule has 2 heterocycles. The largest absolute Gasteiger partial charge is 0.475 e. The van der Waals surface area contributed by atoms with Gasteiger partial charge in [0.25, 0.3) is 0 Å². The molecule has 0 fully saturated rings. The number of carboxylic acid groups (broad SMARTS) is 1. The molecule has 18 heavy (non-hydrogen) atoms. The zero-order chi connectivity index (χ0) is 13.3. The van der Waals surface area contributed by atoms with Crippen LogP contribution in [0, 0.1) is 0 Å². The molecule has 5 heteroatoms. The first-order chi connectivity index (χ1) is 8.50. The molecule has 0 saturated heterocycles. The fourth-order valence-electron chi connectivity index (χ4n) is 1.79. The van der Waals surface area contributed by atoms with E-state index in [2.05, 4.69) is 23.7 Å². The van der Waals surface area contributed by atoms with Crippen molar-refractivity contribution in [2.45, 2.75) is 26.4 Å². The zero-order valence-electron chi connectivity index (χ0n) is 10.8. The Morgan fingerprint density at radius 3 is 2.83 bits per heavy atom. The lowest BCUT2D eigenvalue weighted by Crippen LogP contribution is -2.25. The van der Waals surface area contributed by atoms with Gasteiger partial charge in [-0.3, -0.25) is 9.30 Å². The van der Waals surface area contributed by atoms with Crippen molar-refractivity contribution < 1.29 is 9.90 Å². The molecule has 0 aromatic carbocycles. The van der Waals surface area contributed by atoms with E-state index < -0.39 is 5.97 Å². The van der Waals surface area contributed by atoms with E-state index in [4.69, 9.17) is 5.11 Å². The SMILES string of the molecule is CC(C)N(C)Cc1nc(C(=O)O)n2ccccc12. The summed E-state index contributed by atoms with van der Waals surface area (Å²) in [6, 6.07) is 5.97. The van der Waals surface area contributed by atoms with Crippen molar-refractivity contribution in [3.63, 3.8) is 0 Å². The van der Waals surface area contributed by atoms with Gasteiger partial charge in [0.05, 0.1) is 11.2 Å². The molecule has 1 N–H and O–H groups in total. The molecule has 2 aromatic rings. The fraction of sp³-hybridized carbons (Fsp3) is 0.385. The predicted octanol–water partition coefficient (Wildman–Crippen LogP) is 1.87. The molecule has 0 radical (unpaired) electrons. The molecule has 0 unspecified atom stereocenters. The molecule has 2 rings (SSSR count). The first kappa shape index (κ1) is 12.6. The first-order valence-corrected chi connectivity index (χ1v) is 5.90. The Kier molecular flexibility index (Phi) is 3.34. The van der Waals surface area contributed by atoms with Crippen LogP contribution in [0.4, 0.5) is 0 Å². The molecule has 0 saturated carbocycles. The van der Waals surface area contributed by atoms with E-state index in [0.717, 1.165) is 11.2 Å². The summed E-state index contributed by atoms with van der Waals surface area (Å²) in [4.78, 5) is 17.5. The Labute approximate surface area is 106 Å². The van der Waals surface area contributed by atoms with E-state index in [1.165, 1.54) is 0 Å². The van der Waals surface area contributed by atoms with Gasteiger partial charge in [0.2, 0.25) is 5.82 Å². The van der Waals surface area contributed by atoms with E-state index >= 15 is 0 Å². The van der Waals surface area contributed by atoms with Gasteiger partial charge in [0.15, 0.2) is 0 Å². The molecular weight excluding hydrogens is 230 g/mol. The molecule has 2 aromatic heterocycles. The summed E-state index contributed by atoms with van der Waals surface area (Å²) in [7, 11) is 2.00. The van der Waals surface area contributed by atoms with E-state index in [0.29, 0.717) is 12.6 Å². The molecule has 0 bridgehead atoms. The van der Waals surface area contributed by atoms with Crippen molar-refractivity contribution in [1.29, 1.82) is 0 Å². The number of pyridine rings is 1. The third-order valence-electron chi connectivity index (χ3n) is 3.10. The average Bonchev–Trinajstić information content (AvgIpc) is 2.68. The van der Waals surface area contributed by atoms with Gasteiger partial charge < -0.3 is 5.11 Å². The second-order valence-electron chi connectivity index (χ2n) is 4.65. The third-order valence-corrected chi connectivity index (χ3v) is 3.10. The highest BCUT2D eigenvalue weighted by atomic mass is 16.4. The monoisotopic (exact) mass is 247 g/mol. The minimum absolute atomic E-state index is 0.0674. The number of nitrogens with zero attached hydrogens (tertiary/aromatic N) is 3. The molecule has 0 spiro atoms. The topological polar surface area (TPSA) is 57.8 Å². The number of hydrogen-bond donors (Lipinski definition) is 1. The van der Waals surface area contributed by atoms with Gasteiger partial charge in [0, 0.05) is 18.8 Å². The molecule has 5 nitrogen and oxygen atoms in total. The van der Waals surface area contributed by atoms with E-state index in [1.54, 1.807) is 16.7 Å². The smallest absolute Gasteiger partial charge is 0.372 e. The number of fused-ring (bicyclic) bond motifs is 1. The quantitative estimate of drug-likeness (QED) is 0.896. The first-order valence-electron chi connectivity index (χ1n) is 5.90. The molecule has 0 aliphatic carbocycles. The Hall–Kier alpha value is -1.88. The summed E-state index contributed by atoms with van der Waals surface area (Å²) >= 11 is 0. The number of carbonyl (C=O) groups is 1. The van der Waals surface area contributed by atoms with Crippen LogP contribution in [-0.4, -0.2) is 38.4 Å². The highest BCUT2D eigenvalue weighted by molar-refractivity contribution is 5.85. The summed E-state index contributed by atoms with van der Waals surface area (Å²) < 4.78 is 1.62. The van der Waals surface area contributed by atoms with E-state index in [-0.39, 0.29) is 5.82 Å². The Morgan fingerprint density at radius 2 is 2.22 bits per heavy atom. The number of rotatable bonds is 4. The molecular formula is C13H17N3O2. The van der Waals surface area contributed by atoms with Crippen LogP contribution in [0.1, 0.15) is 30.2 Å². The fourth-order valence-corrected chi connectivity index (χ4v) is 1.79. The van der Waals surface area contributed by atoms with Gasteiger partial charge in [-0.05, 0) is 33.0 Å². The van der Waals surface area contributed by atoms with Crippen LogP contribution in [0.2, 0.25) is 0 Å². The normalized spacial score (nSPS) is 11.6. The van der Waals surface area contributed by atoms with Gasteiger partial charge >= 0.3 is 5.97 Å². The van der Waals surface area contributed by atoms with Crippen LogP contribution in [0.3, 0.4) is 0 Å². The van der Waals surface area contributed by atoms with E-state index in [9.17, 15) is 4.79 Å². The van der Waals surface area contributed by atoms with Crippen LogP contribution < -0.4 is 0 Å². The maximum atomic E-state index is 11.2. The molecule has 0 atom stereocenters. The Balaban J connectivity index is 2.48. The van der Waals surface area contributed by atoms with Crippen LogP contribution >= 0.6 is 0 Å². The lowest BCUT2D eigenvalue weighted by Gasteiger charge is -2.19. The zero-order valence-corrected chi connectivity index (χ0v) is 10.8. The van der Waals surface area contributed by atoms with Crippen LogP contribution in [0.15, 0.2) is 24.4 Å². The van der Waals surface area contributed by atoms with Gasteiger partial charge in [-0.1, -0.05) is 6.07 Å². The number of hydrogen-bond acceptors (Lipinski definition) is 3. The summed E-state index contributed by atoms with van der Waals surface area (Å²) in [5.41, 5.74) is 1.65. The number of carboxylic acids is 1. The minimum Gasteiger partial charge on any atom is -0.475 e. The summed E-state index contributed by atoms with van der Waals surface area (Å²) in [5.74, 6) is -0.938. The second-order valence-corrected chi connectivity index (χ2v) is 4.65. The maximum absolute atomic E-state index is 11.2. The van der Waals surface area contributed by atoms with Crippen molar-refractivity contribution in [2.75, 3.05) is 7.05 Å². The number of imidazole rings is 1. The van der Waals surface area contributed by atoms with Crippen LogP contribution in [0.5, 0.6) is 0 Å². The summed E-state index contributed by atoms with van der Waals surface area (Å²) in [6.45, 7) is 4.82. The number of aromatic carboxylic acids is 1. The maximum Gasteiger partial charge on any atom is 0.372 e. The summed E-state index contributed by atoms with van der Waals surface area (Å²) in [5, 5.41) is 9.14. The van der Waals surface area contributed by atoms with Gasteiger partial charge in [-0.15, -0.1) is 0 Å². The van der Waals surface area contributed by atoms with Crippen LogP contribution in [-0.2, 0) is 6.54 Å². The third kappa shape index (κ3) is 2.22. The Bertz CT molecular complexity index is 575. The van der Waals surface area contributed by atoms with Crippen molar-refractivity contribution in [1.82, 2.24) is 14.3 Å². The van der Waals surface area contributed by atoms with Crippen LogP contribution in [0.25, 0.3) is 5.52 Å². The standard InChI is InChI=1S/C13H17N3O2/c1-9(2)15(3)8-10-11-6-4-5-7-16(11)12(14-10)13(17)18/h4-7,9H,8H2,1-3H3,(H,17,18). The molecule has 0 aliphatic rings. The lowest BCUT2D eigenvalue weighted by molar-refractivity contribution is 0.0682. The highest BCUT2D eigenvalue weighted by Crippen LogP contribution is 2.15. The lowest BCUT2D eigenvalue weighted by atomic mass is 10.3. The van der Waals surface area contributed by atoms with Gasteiger partial charge in [-0.25, -0.2) is 9.78 Å². The predicted molar refractivity (Wildman–Crippen MR) is 68.8 cm³/mol. The van der Waals surface area contributed by atoms with Crippen molar-refractivity contribution >= 4 is 11.5 Å². The number of aromatic nitrogens is 2. The van der Waals surface area contributed by atoms with E-state index in [1.807, 2.05) is 19.2 Å². The van der Waals surface area contributed by atoms with Gasteiger partial charge in [0.1, 0.15) is 0 Å². The Morgan fingerprint density at radius 1 is 1.50 bits per heavy atom. The average molecular weight is 247 g/mol. The molecule has 96 valence electrons. The second kappa shape index (κ2) is 4.78. The van der Waals surface area contributed by atoms with Crippen molar-refractivity contribution in [2.24, 2.45) is 0 Å². The molecule has 0 aliphatic heterocycles. The molecule has 0 amide bonds. The van der Waals surface area contributed by atoms with Crippen molar-refractivity contribution in [3.05, 3.63) is 35.9 Å². The highest BCUT2D eigenvalue weighted by Gasteiger charge is 2.17. The van der Waals surface area contributed by atoms with Gasteiger partial charge in [-0.2, -0.15) is 0 Å².